The molecule has 1 heterocycles. The van der Waals surface area contributed by atoms with Crippen LogP contribution in [0.15, 0.2) is 24.3 Å². The summed E-state index contributed by atoms with van der Waals surface area (Å²) < 4.78 is 0. The molecule has 1 aliphatic carbocycles. The Kier molecular flexibility index (Phi) is 3.87. The number of benzene rings is 1. The van der Waals surface area contributed by atoms with Crippen molar-refractivity contribution < 1.29 is 0 Å². The van der Waals surface area contributed by atoms with Crippen LogP contribution in [-0.4, -0.2) is 23.2 Å². The molecule has 1 aromatic carbocycles. The molecule has 2 N–H and O–H groups in total. The van der Waals surface area contributed by atoms with Gasteiger partial charge in [0, 0.05) is 23.2 Å². The number of hydrogen-bond acceptors (Lipinski definition) is 2. The van der Waals surface area contributed by atoms with Crippen molar-refractivity contribution in [2.24, 2.45) is 0 Å². The topological polar surface area (TPSA) is 24.1 Å². The number of fused-ring (bicyclic) bond motifs is 1. The summed E-state index contributed by atoms with van der Waals surface area (Å²) in [5.41, 5.74) is 3.56. The van der Waals surface area contributed by atoms with E-state index in [9.17, 15) is 0 Å². The molecule has 0 bridgehead atoms. The summed E-state index contributed by atoms with van der Waals surface area (Å²) in [7, 11) is 0. The van der Waals surface area contributed by atoms with Crippen LogP contribution in [-0.2, 0) is 12.8 Å². The molecule has 21 heavy (non-hydrogen) atoms. The van der Waals surface area contributed by atoms with E-state index in [0.29, 0.717) is 12.1 Å². The van der Waals surface area contributed by atoms with Gasteiger partial charge in [0.15, 0.2) is 0 Å². The Morgan fingerprint density at radius 3 is 2.24 bits per heavy atom. The lowest BCUT2D eigenvalue weighted by Crippen LogP contribution is -2.62. The zero-order valence-electron chi connectivity index (χ0n) is 14.0. The monoisotopic (exact) mass is 286 g/mol. The van der Waals surface area contributed by atoms with Gasteiger partial charge >= 0.3 is 0 Å². The summed E-state index contributed by atoms with van der Waals surface area (Å²) in [6.07, 6.45) is 6.14. The molecule has 2 nitrogen and oxygen atoms in total. The first kappa shape index (κ1) is 15.1. The molecule has 1 aromatic rings. The number of nitrogens with one attached hydrogen (secondary N) is 2. The molecule has 1 saturated heterocycles. The Hall–Kier alpha value is -0.860. The van der Waals surface area contributed by atoms with Crippen molar-refractivity contribution in [3.63, 3.8) is 0 Å². The number of hydrogen-bond donors (Lipinski definition) is 2. The molecule has 0 amide bonds. The van der Waals surface area contributed by atoms with Crippen LogP contribution in [0.1, 0.15) is 58.1 Å². The van der Waals surface area contributed by atoms with Gasteiger partial charge in [0.2, 0.25) is 0 Å². The highest BCUT2D eigenvalue weighted by Gasteiger charge is 2.38. The average Bonchev–Trinajstić information content (AvgIpc) is 2.34. The predicted molar refractivity (Wildman–Crippen MR) is 89.7 cm³/mol. The average molecular weight is 286 g/mol. The highest BCUT2D eigenvalue weighted by Crippen LogP contribution is 2.30. The number of aryl methyl sites for hydroxylation is 1. The summed E-state index contributed by atoms with van der Waals surface area (Å²) in [6.45, 7) is 9.33. The van der Waals surface area contributed by atoms with Gasteiger partial charge in [0.05, 0.1) is 0 Å². The molecule has 1 unspecified atom stereocenters. The molecule has 0 aromatic heterocycles. The smallest absolute Gasteiger partial charge is 0.0144 e. The van der Waals surface area contributed by atoms with Gasteiger partial charge in [0.1, 0.15) is 0 Å². The van der Waals surface area contributed by atoms with Gasteiger partial charge in [0.25, 0.3) is 0 Å². The second-order valence-electron chi connectivity index (χ2n) is 8.37. The first-order chi connectivity index (χ1) is 9.83. The summed E-state index contributed by atoms with van der Waals surface area (Å²) in [4.78, 5) is 0. The fourth-order valence-electron chi connectivity index (χ4n) is 4.61. The SMILES string of the molecule is CC1(C)CC(NC2CCc3ccccc3C2)CC(C)(C)N1. The molecule has 1 aliphatic heterocycles. The van der Waals surface area contributed by atoms with E-state index >= 15 is 0 Å². The van der Waals surface area contributed by atoms with Crippen LogP contribution in [0.5, 0.6) is 0 Å². The van der Waals surface area contributed by atoms with E-state index in [0.717, 1.165) is 0 Å². The fraction of sp³-hybridized carbons (Fsp3) is 0.684. The van der Waals surface area contributed by atoms with E-state index in [-0.39, 0.29) is 11.1 Å². The third-order valence-electron chi connectivity index (χ3n) is 5.01. The van der Waals surface area contributed by atoms with Crippen LogP contribution in [0, 0.1) is 0 Å². The van der Waals surface area contributed by atoms with Gasteiger partial charge in [-0.2, -0.15) is 0 Å². The minimum Gasteiger partial charge on any atom is -0.311 e. The lowest BCUT2D eigenvalue weighted by atomic mass is 9.78. The summed E-state index contributed by atoms with van der Waals surface area (Å²) in [5, 5.41) is 7.74. The largest absolute Gasteiger partial charge is 0.311 e. The molecule has 0 spiro atoms. The maximum atomic E-state index is 3.97. The molecule has 2 heteroatoms. The number of piperidine rings is 1. The molecule has 0 saturated carbocycles. The summed E-state index contributed by atoms with van der Waals surface area (Å²) in [5.74, 6) is 0. The minimum atomic E-state index is 0.228. The van der Waals surface area contributed by atoms with Crippen molar-refractivity contribution in [3.8, 4) is 0 Å². The highest BCUT2D eigenvalue weighted by molar-refractivity contribution is 5.30. The molecule has 2 aliphatic rings. The van der Waals surface area contributed by atoms with Gasteiger partial charge < -0.3 is 10.6 Å². The third kappa shape index (κ3) is 3.67. The molecule has 1 fully saturated rings. The Morgan fingerprint density at radius 2 is 1.57 bits per heavy atom. The van der Waals surface area contributed by atoms with E-state index in [2.05, 4.69) is 62.6 Å². The Morgan fingerprint density at radius 1 is 0.952 bits per heavy atom. The van der Waals surface area contributed by atoms with Gasteiger partial charge in [-0.25, -0.2) is 0 Å². The van der Waals surface area contributed by atoms with Crippen molar-refractivity contribution in [3.05, 3.63) is 35.4 Å². The first-order valence-corrected chi connectivity index (χ1v) is 8.45. The van der Waals surface area contributed by atoms with E-state index in [1.165, 1.54) is 32.1 Å². The zero-order chi connectivity index (χ0) is 15.1. The van der Waals surface area contributed by atoms with Crippen LogP contribution >= 0.6 is 0 Å². The summed E-state index contributed by atoms with van der Waals surface area (Å²) >= 11 is 0. The van der Waals surface area contributed by atoms with Gasteiger partial charge in [-0.05, 0) is 70.9 Å². The van der Waals surface area contributed by atoms with E-state index < -0.39 is 0 Å². The van der Waals surface area contributed by atoms with Crippen LogP contribution in [0.25, 0.3) is 0 Å². The standard InChI is InChI=1S/C19H30N2/c1-18(2)12-17(13-19(3,4)21-18)20-16-10-9-14-7-5-6-8-15(14)11-16/h5-8,16-17,20-21H,9-13H2,1-4H3. The Bertz CT molecular complexity index is 488. The van der Waals surface area contributed by atoms with Crippen LogP contribution in [0.4, 0.5) is 0 Å². The van der Waals surface area contributed by atoms with Crippen molar-refractivity contribution in [1.29, 1.82) is 0 Å². The lowest BCUT2D eigenvalue weighted by Gasteiger charge is -2.47. The first-order valence-electron chi connectivity index (χ1n) is 8.45. The van der Waals surface area contributed by atoms with Gasteiger partial charge in [-0.3, -0.25) is 0 Å². The maximum absolute atomic E-state index is 3.97. The Balaban J connectivity index is 1.65. The molecule has 1 atom stereocenters. The molecular formula is C19H30N2. The Labute approximate surface area is 129 Å². The van der Waals surface area contributed by atoms with E-state index in [1.54, 1.807) is 11.1 Å². The van der Waals surface area contributed by atoms with Gasteiger partial charge in [-0.15, -0.1) is 0 Å². The highest BCUT2D eigenvalue weighted by atomic mass is 15.1. The lowest BCUT2D eigenvalue weighted by molar-refractivity contribution is 0.138. The summed E-state index contributed by atoms with van der Waals surface area (Å²) in [6, 6.07) is 10.2. The normalized spacial score (nSPS) is 28.1. The quantitative estimate of drug-likeness (QED) is 0.870. The second kappa shape index (κ2) is 5.40. The predicted octanol–water partition coefficient (Wildman–Crippen LogP) is 3.44. The van der Waals surface area contributed by atoms with Crippen LogP contribution in [0.2, 0.25) is 0 Å². The maximum Gasteiger partial charge on any atom is 0.0144 e. The van der Waals surface area contributed by atoms with Crippen LogP contribution < -0.4 is 10.6 Å². The van der Waals surface area contributed by atoms with Crippen molar-refractivity contribution >= 4 is 0 Å². The van der Waals surface area contributed by atoms with E-state index in [4.69, 9.17) is 0 Å². The van der Waals surface area contributed by atoms with E-state index in [1.807, 2.05) is 0 Å². The van der Waals surface area contributed by atoms with Crippen molar-refractivity contribution in [2.75, 3.05) is 0 Å². The molecule has 3 rings (SSSR count). The zero-order valence-corrected chi connectivity index (χ0v) is 14.0. The molecule has 116 valence electrons. The molecule has 0 radical (unpaired) electrons. The van der Waals surface area contributed by atoms with Crippen molar-refractivity contribution in [1.82, 2.24) is 10.6 Å². The minimum absolute atomic E-state index is 0.228. The fourth-order valence-corrected chi connectivity index (χ4v) is 4.61. The van der Waals surface area contributed by atoms with Crippen molar-refractivity contribution in [2.45, 2.75) is 83.0 Å². The second-order valence-corrected chi connectivity index (χ2v) is 8.37. The molecular weight excluding hydrogens is 256 g/mol. The number of rotatable bonds is 2. The van der Waals surface area contributed by atoms with Crippen LogP contribution in [0.3, 0.4) is 0 Å². The third-order valence-corrected chi connectivity index (χ3v) is 5.01. The van der Waals surface area contributed by atoms with Gasteiger partial charge in [-0.1, -0.05) is 24.3 Å².